The monoisotopic (exact) mass is 440 g/mol. The molecule has 9 heteroatoms. The zero-order valence-electron chi connectivity index (χ0n) is 15.5. The Balaban J connectivity index is 1.61. The topological polar surface area (TPSA) is 75.7 Å². The molecule has 28 heavy (non-hydrogen) atoms. The van der Waals surface area contributed by atoms with Gasteiger partial charge in [0.1, 0.15) is 5.75 Å². The van der Waals surface area contributed by atoms with Crippen LogP contribution in [0.1, 0.15) is 5.56 Å². The number of carbonyl (C=O) groups excluding carboxylic acids is 1. The number of ether oxygens (including phenoxy) is 1. The molecule has 0 unspecified atom stereocenters. The van der Waals surface area contributed by atoms with Gasteiger partial charge in [-0.2, -0.15) is 0 Å². The van der Waals surface area contributed by atoms with Gasteiger partial charge in [0.05, 0.1) is 18.5 Å². The quantitative estimate of drug-likeness (QED) is 0.551. The van der Waals surface area contributed by atoms with Crippen LogP contribution in [0.2, 0.25) is 5.02 Å². The summed E-state index contributed by atoms with van der Waals surface area (Å²) < 4.78 is 31.4. The van der Waals surface area contributed by atoms with E-state index in [4.69, 9.17) is 16.3 Å². The molecule has 0 bridgehead atoms. The number of rotatable bonds is 6. The van der Waals surface area contributed by atoms with E-state index in [0.29, 0.717) is 28.8 Å². The van der Waals surface area contributed by atoms with Gasteiger partial charge in [-0.3, -0.25) is 9.10 Å². The lowest BCUT2D eigenvalue weighted by Crippen LogP contribution is -2.50. The summed E-state index contributed by atoms with van der Waals surface area (Å²) in [5.74, 6) is 0.723. The fourth-order valence-electron chi connectivity index (χ4n) is 2.80. The third-order valence-corrected chi connectivity index (χ3v) is 6.57. The van der Waals surface area contributed by atoms with Gasteiger partial charge in [-0.15, -0.1) is 11.8 Å². The van der Waals surface area contributed by atoms with Gasteiger partial charge in [0, 0.05) is 22.2 Å². The van der Waals surface area contributed by atoms with Crippen molar-refractivity contribution >= 4 is 45.0 Å². The third-order valence-electron chi connectivity index (χ3n) is 4.16. The van der Waals surface area contributed by atoms with Crippen LogP contribution in [0.25, 0.3) is 0 Å². The van der Waals surface area contributed by atoms with E-state index in [2.05, 4.69) is 5.32 Å². The van der Waals surface area contributed by atoms with Crippen molar-refractivity contribution in [3.63, 3.8) is 0 Å². The van der Waals surface area contributed by atoms with Crippen LogP contribution >= 0.6 is 23.4 Å². The molecule has 150 valence electrons. The summed E-state index contributed by atoms with van der Waals surface area (Å²) in [5, 5.41) is 3.49. The maximum atomic E-state index is 12.5. The summed E-state index contributed by atoms with van der Waals surface area (Å²) in [4.78, 5) is 13.6. The van der Waals surface area contributed by atoms with Crippen LogP contribution in [-0.4, -0.2) is 45.5 Å². The van der Waals surface area contributed by atoms with E-state index in [0.717, 1.165) is 16.7 Å². The number of anilines is 1. The Hall–Kier alpha value is -1.90. The van der Waals surface area contributed by atoms with E-state index in [9.17, 15) is 13.2 Å². The first-order valence-corrected chi connectivity index (χ1v) is 11.9. The summed E-state index contributed by atoms with van der Waals surface area (Å²) in [6, 6.07) is 12.7. The minimum atomic E-state index is -3.53. The van der Waals surface area contributed by atoms with Crippen molar-refractivity contribution in [3.8, 4) is 5.75 Å². The molecule has 0 spiro atoms. The number of amides is 1. The molecule has 6 nitrogen and oxygen atoms in total. The minimum Gasteiger partial charge on any atom is -0.476 e. The van der Waals surface area contributed by atoms with Crippen molar-refractivity contribution in [2.75, 3.05) is 29.4 Å². The number of hydrogen-bond donors (Lipinski definition) is 1. The minimum absolute atomic E-state index is 0.0502. The van der Waals surface area contributed by atoms with Crippen molar-refractivity contribution in [1.29, 1.82) is 0 Å². The number of aryl methyl sites for hydroxylation is 1. The molecule has 1 heterocycles. The van der Waals surface area contributed by atoms with Crippen molar-refractivity contribution in [1.82, 2.24) is 5.32 Å². The summed E-state index contributed by atoms with van der Waals surface area (Å²) in [5.41, 5.74) is 1.38. The van der Waals surface area contributed by atoms with Gasteiger partial charge < -0.3 is 10.1 Å². The highest BCUT2D eigenvalue weighted by Crippen LogP contribution is 2.35. The van der Waals surface area contributed by atoms with Crippen molar-refractivity contribution in [3.05, 3.63) is 53.1 Å². The smallest absolute Gasteiger partial charge is 0.263 e. The van der Waals surface area contributed by atoms with Crippen LogP contribution < -0.4 is 14.4 Å². The molecule has 2 aromatic rings. The molecular formula is C19H21ClN2O4S2. The van der Waals surface area contributed by atoms with Crippen molar-refractivity contribution in [2.45, 2.75) is 17.9 Å². The Bertz CT molecular complexity index is 964. The molecule has 0 saturated heterocycles. The van der Waals surface area contributed by atoms with Gasteiger partial charge >= 0.3 is 0 Å². The average Bonchev–Trinajstić information content (AvgIpc) is 2.64. The first-order valence-electron chi connectivity index (χ1n) is 8.65. The first-order chi connectivity index (χ1) is 13.2. The van der Waals surface area contributed by atoms with Gasteiger partial charge in [0.25, 0.3) is 5.91 Å². The largest absolute Gasteiger partial charge is 0.476 e. The van der Waals surface area contributed by atoms with E-state index in [1.165, 1.54) is 4.31 Å². The van der Waals surface area contributed by atoms with Crippen LogP contribution in [0.4, 0.5) is 5.69 Å². The Morgan fingerprint density at radius 1 is 1.29 bits per heavy atom. The standard InChI is InChI=1S/C19H21ClN2O4S2/c1-13-3-8-17-16(11-13)22(28(2,24)25)12-18(26-17)19(23)21-9-10-27-15-6-4-14(20)5-7-15/h3-8,11,18H,9-10,12H2,1-2H3,(H,21,23)/t18-/m0/s1. The normalized spacial score (nSPS) is 16.2. The molecule has 0 fully saturated rings. The molecule has 1 amide bonds. The van der Waals surface area contributed by atoms with Gasteiger partial charge in [-0.05, 0) is 48.9 Å². The van der Waals surface area contributed by atoms with Gasteiger partial charge in [0.2, 0.25) is 10.0 Å². The van der Waals surface area contributed by atoms with E-state index < -0.39 is 16.1 Å². The Morgan fingerprint density at radius 2 is 2.00 bits per heavy atom. The first kappa shape index (κ1) is 20.8. The second-order valence-corrected chi connectivity index (χ2v) is 9.98. The second kappa shape index (κ2) is 8.63. The van der Waals surface area contributed by atoms with Gasteiger partial charge in [0.15, 0.2) is 6.10 Å². The summed E-state index contributed by atoms with van der Waals surface area (Å²) in [7, 11) is -3.53. The maximum absolute atomic E-state index is 12.5. The molecule has 0 aliphatic carbocycles. The average molecular weight is 441 g/mol. The van der Waals surface area contributed by atoms with Crippen LogP contribution in [0, 0.1) is 6.92 Å². The van der Waals surface area contributed by atoms with E-state index in [1.54, 1.807) is 23.9 Å². The van der Waals surface area contributed by atoms with Crippen molar-refractivity contribution < 1.29 is 17.9 Å². The lowest BCUT2D eigenvalue weighted by atomic mass is 10.1. The molecule has 1 atom stereocenters. The zero-order chi connectivity index (χ0) is 20.3. The molecule has 1 aliphatic heterocycles. The number of hydrogen-bond acceptors (Lipinski definition) is 5. The summed E-state index contributed by atoms with van der Waals surface area (Å²) >= 11 is 7.45. The Labute approximate surface area is 174 Å². The molecule has 0 saturated carbocycles. The number of fused-ring (bicyclic) bond motifs is 1. The van der Waals surface area contributed by atoms with E-state index in [1.807, 2.05) is 37.3 Å². The Morgan fingerprint density at radius 3 is 2.68 bits per heavy atom. The molecule has 3 rings (SSSR count). The SMILES string of the molecule is Cc1ccc2c(c1)N(S(C)(=O)=O)C[C@@H](C(=O)NCCSc1ccc(Cl)cc1)O2. The molecule has 2 aromatic carbocycles. The highest BCUT2D eigenvalue weighted by atomic mass is 35.5. The van der Waals surface area contributed by atoms with Crippen LogP contribution in [-0.2, 0) is 14.8 Å². The number of benzene rings is 2. The molecule has 1 aliphatic rings. The third kappa shape index (κ3) is 5.12. The predicted molar refractivity (Wildman–Crippen MR) is 113 cm³/mol. The number of carbonyl (C=O) groups is 1. The summed E-state index contributed by atoms with van der Waals surface area (Å²) in [6.07, 6.45) is 0.229. The molecule has 1 N–H and O–H groups in total. The lowest BCUT2D eigenvalue weighted by molar-refractivity contribution is -0.127. The fourth-order valence-corrected chi connectivity index (χ4v) is 4.60. The fraction of sp³-hybridized carbons (Fsp3) is 0.316. The molecular weight excluding hydrogens is 420 g/mol. The molecule has 0 radical (unpaired) electrons. The van der Waals surface area contributed by atoms with E-state index in [-0.39, 0.29) is 12.5 Å². The van der Waals surface area contributed by atoms with E-state index >= 15 is 0 Å². The number of thioether (sulfide) groups is 1. The predicted octanol–water partition coefficient (Wildman–Crippen LogP) is 3.08. The number of halogens is 1. The van der Waals surface area contributed by atoms with Crippen LogP contribution in [0.3, 0.4) is 0 Å². The highest BCUT2D eigenvalue weighted by molar-refractivity contribution is 7.99. The van der Waals surface area contributed by atoms with Crippen LogP contribution in [0.15, 0.2) is 47.4 Å². The number of nitrogens with zero attached hydrogens (tertiary/aromatic N) is 1. The maximum Gasteiger partial charge on any atom is 0.263 e. The zero-order valence-corrected chi connectivity index (χ0v) is 17.9. The number of sulfonamides is 1. The van der Waals surface area contributed by atoms with Gasteiger partial charge in [-0.1, -0.05) is 17.7 Å². The summed E-state index contributed by atoms with van der Waals surface area (Å²) in [6.45, 7) is 2.26. The second-order valence-electron chi connectivity index (χ2n) is 6.47. The Kier molecular flexibility index (Phi) is 6.42. The van der Waals surface area contributed by atoms with Gasteiger partial charge in [-0.25, -0.2) is 8.42 Å². The lowest BCUT2D eigenvalue weighted by Gasteiger charge is -2.34. The highest BCUT2D eigenvalue weighted by Gasteiger charge is 2.34. The van der Waals surface area contributed by atoms with Crippen LogP contribution in [0.5, 0.6) is 5.75 Å². The number of nitrogens with one attached hydrogen (secondary N) is 1. The molecule has 0 aromatic heterocycles. The van der Waals surface area contributed by atoms with Crippen molar-refractivity contribution in [2.24, 2.45) is 0 Å².